The van der Waals surface area contributed by atoms with Crippen molar-refractivity contribution in [3.8, 4) is 0 Å². The molecule has 1 aromatic rings. The summed E-state index contributed by atoms with van der Waals surface area (Å²) in [5, 5.41) is 4.03. The van der Waals surface area contributed by atoms with Crippen molar-refractivity contribution in [1.82, 2.24) is 0 Å². The van der Waals surface area contributed by atoms with Gasteiger partial charge in [-0.2, -0.15) is 0 Å². The quantitative estimate of drug-likeness (QED) is 0.612. The maximum Gasteiger partial charge on any atom is 0.271 e. The second kappa shape index (κ2) is 7.61. The Kier molecular flexibility index (Phi) is 6.08. The molecule has 0 spiro atoms. The molecule has 1 amide bonds. The van der Waals surface area contributed by atoms with Gasteiger partial charge in [-0.15, -0.1) is 0 Å². The van der Waals surface area contributed by atoms with Crippen molar-refractivity contribution >= 4 is 29.2 Å². The van der Waals surface area contributed by atoms with Crippen LogP contribution in [0.1, 0.15) is 25.3 Å². The fourth-order valence-corrected chi connectivity index (χ4v) is 1.63. The Morgan fingerprint density at radius 1 is 1.39 bits per heavy atom. The first-order chi connectivity index (χ1) is 8.67. The smallest absolute Gasteiger partial charge is 0.271 e. The number of aryl methyl sites for hydroxylation is 1. The number of carbonyl (C=O) groups excluding carboxylic acids is 1. The van der Waals surface area contributed by atoms with Crippen LogP contribution in [-0.2, 0) is 11.2 Å². The highest BCUT2D eigenvalue weighted by Gasteiger charge is 2.04. The highest BCUT2D eigenvalue weighted by Crippen LogP contribution is 2.12. The molecule has 3 N–H and O–H groups in total. The summed E-state index contributed by atoms with van der Waals surface area (Å²) in [4.78, 5) is 11.6. The van der Waals surface area contributed by atoms with E-state index in [0.29, 0.717) is 0 Å². The standard InChI is InChI=1S/C14H18N2OS/c1-2-3-4-11-5-7-12(8-6-11)16-14(17)13(15)9-10-18/h5-10H,2-4,15H2,1H3,(H,16,17)/b13-9-. The van der Waals surface area contributed by atoms with Crippen LogP contribution in [0.15, 0.2) is 36.0 Å². The third-order valence-corrected chi connectivity index (χ3v) is 2.68. The van der Waals surface area contributed by atoms with E-state index in [2.05, 4.69) is 24.5 Å². The molecule has 0 aliphatic heterocycles. The average molecular weight is 262 g/mol. The Balaban J connectivity index is 2.61. The van der Waals surface area contributed by atoms with Gasteiger partial charge in [0.2, 0.25) is 0 Å². The molecule has 0 aliphatic rings. The highest BCUT2D eigenvalue weighted by atomic mass is 32.1. The molecule has 18 heavy (non-hydrogen) atoms. The van der Waals surface area contributed by atoms with Gasteiger partial charge in [-0.05, 0) is 36.6 Å². The molecule has 0 radical (unpaired) electrons. The van der Waals surface area contributed by atoms with Crippen molar-refractivity contribution in [1.29, 1.82) is 0 Å². The lowest BCUT2D eigenvalue weighted by molar-refractivity contribution is -0.112. The van der Waals surface area contributed by atoms with Gasteiger partial charge in [-0.1, -0.05) is 37.7 Å². The lowest BCUT2D eigenvalue weighted by Crippen LogP contribution is -2.20. The first-order valence-electron chi connectivity index (χ1n) is 5.98. The Morgan fingerprint density at radius 3 is 2.61 bits per heavy atom. The van der Waals surface area contributed by atoms with Crippen molar-refractivity contribution < 1.29 is 4.79 Å². The van der Waals surface area contributed by atoms with Crippen LogP contribution in [0.2, 0.25) is 0 Å². The van der Waals surface area contributed by atoms with Crippen LogP contribution in [0.4, 0.5) is 5.69 Å². The van der Waals surface area contributed by atoms with Crippen LogP contribution in [0.3, 0.4) is 0 Å². The zero-order valence-electron chi connectivity index (χ0n) is 10.5. The lowest BCUT2D eigenvalue weighted by atomic mass is 10.1. The molecule has 0 saturated heterocycles. The Bertz CT molecular complexity index is 438. The number of nitrogens with one attached hydrogen (secondary N) is 1. The zero-order valence-corrected chi connectivity index (χ0v) is 11.3. The predicted molar refractivity (Wildman–Crippen MR) is 79.6 cm³/mol. The zero-order chi connectivity index (χ0) is 13.4. The summed E-state index contributed by atoms with van der Waals surface area (Å²) >= 11 is 4.61. The van der Waals surface area contributed by atoms with E-state index in [0.717, 1.165) is 12.1 Å². The molecule has 1 rings (SSSR count). The maximum atomic E-state index is 11.6. The second-order valence-corrected chi connectivity index (χ2v) is 4.28. The molecule has 3 nitrogen and oxygen atoms in total. The first kappa shape index (κ1) is 14.4. The molecular weight excluding hydrogens is 244 g/mol. The summed E-state index contributed by atoms with van der Waals surface area (Å²) in [5.74, 6) is -0.336. The number of hydrogen-bond donors (Lipinski definition) is 2. The average Bonchev–Trinajstić information content (AvgIpc) is 2.38. The minimum atomic E-state index is -0.336. The van der Waals surface area contributed by atoms with Gasteiger partial charge in [0.15, 0.2) is 0 Å². The van der Waals surface area contributed by atoms with E-state index >= 15 is 0 Å². The molecule has 0 bridgehead atoms. The van der Waals surface area contributed by atoms with E-state index in [1.54, 1.807) is 0 Å². The number of thiocarbonyl (C=S) groups is 1. The molecule has 0 aliphatic carbocycles. The number of anilines is 1. The summed E-state index contributed by atoms with van der Waals surface area (Å²) in [6.07, 6.45) is 4.82. The number of amides is 1. The van der Waals surface area contributed by atoms with Crippen LogP contribution in [-0.4, -0.2) is 11.3 Å². The fourth-order valence-electron chi connectivity index (χ4n) is 1.49. The van der Waals surface area contributed by atoms with E-state index < -0.39 is 0 Å². The topological polar surface area (TPSA) is 55.1 Å². The summed E-state index contributed by atoms with van der Waals surface area (Å²) in [5.41, 5.74) is 7.65. The molecule has 0 unspecified atom stereocenters. The van der Waals surface area contributed by atoms with Crippen LogP contribution in [0.25, 0.3) is 0 Å². The summed E-state index contributed by atoms with van der Waals surface area (Å²) in [6, 6.07) is 7.80. The van der Waals surface area contributed by atoms with Gasteiger partial charge in [0.1, 0.15) is 0 Å². The molecular formula is C14H18N2OS. The second-order valence-electron chi connectivity index (χ2n) is 4.01. The van der Waals surface area contributed by atoms with Gasteiger partial charge in [0.05, 0.1) is 5.70 Å². The summed E-state index contributed by atoms with van der Waals surface area (Å²) < 4.78 is 0. The van der Waals surface area contributed by atoms with E-state index in [9.17, 15) is 4.79 Å². The third kappa shape index (κ3) is 4.67. The maximum absolute atomic E-state index is 11.6. The Hall–Kier alpha value is -1.68. The van der Waals surface area contributed by atoms with Gasteiger partial charge in [-0.25, -0.2) is 0 Å². The van der Waals surface area contributed by atoms with Crippen molar-refractivity contribution in [2.24, 2.45) is 5.73 Å². The SMILES string of the molecule is CCCCc1ccc(NC(=O)/C(N)=C/C=S)cc1. The van der Waals surface area contributed by atoms with Crippen LogP contribution in [0, 0.1) is 0 Å². The molecule has 0 aromatic heterocycles. The number of carbonyl (C=O) groups is 1. The van der Waals surface area contributed by atoms with E-state index in [1.807, 2.05) is 24.3 Å². The largest absolute Gasteiger partial charge is 0.394 e. The normalized spacial score (nSPS) is 11.1. The van der Waals surface area contributed by atoms with Crippen molar-refractivity contribution in [2.75, 3.05) is 5.32 Å². The fraction of sp³-hybridized carbons (Fsp3) is 0.286. The summed E-state index contributed by atoms with van der Waals surface area (Å²) in [6.45, 7) is 2.17. The van der Waals surface area contributed by atoms with Gasteiger partial charge >= 0.3 is 0 Å². The van der Waals surface area contributed by atoms with Crippen molar-refractivity contribution in [2.45, 2.75) is 26.2 Å². The van der Waals surface area contributed by atoms with Gasteiger partial charge in [-0.3, -0.25) is 4.79 Å². The predicted octanol–water partition coefficient (Wildman–Crippen LogP) is 2.81. The molecule has 0 fully saturated rings. The van der Waals surface area contributed by atoms with Crippen LogP contribution >= 0.6 is 12.2 Å². The number of hydrogen-bond acceptors (Lipinski definition) is 3. The number of nitrogens with two attached hydrogens (primary N) is 1. The summed E-state index contributed by atoms with van der Waals surface area (Å²) in [7, 11) is 0. The minimum absolute atomic E-state index is 0.111. The van der Waals surface area contributed by atoms with E-state index in [1.165, 1.54) is 29.8 Å². The van der Waals surface area contributed by atoms with Crippen molar-refractivity contribution in [3.05, 3.63) is 41.6 Å². The molecule has 4 heteroatoms. The molecule has 1 aromatic carbocycles. The molecule has 0 heterocycles. The molecule has 96 valence electrons. The first-order valence-corrected chi connectivity index (χ1v) is 6.45. The highest BCUT2D eigenvalue weighted by molar-refractivity contribution is 7.79. The van der Waals surface area contributed by atoms with E-state index in [4.69, 9.17) is 5.73 Å². The number of allylic oxidation sites excluding steroid dienone is 1. The van der Waals surface area contributed by atoms with Gasteiger partial charge < -0.3 is 11.1 Å². The number of benzene rings is 1. The van der Waals surface area contributed by atoms with Crippen molar-refractivity contribution in [3.63, 3.8) is 0 Å². The molecule has 0 atom stereocenters. The number of rotatable bonds is 6. The van der Waals surface area contributed by atoms with Crippen LogP contribution in [0.5, 0.6) is 0 Å². The lowest BCUT2D eigenvalue weighted by Gasteiger charge is -2.06. The number of unbranched alkanes of at least 4 members (excludes halogenated alkanes) is 1. The van der Waals surface area contributed by atoms with Crippen LogP contribution < -0.4 is 11.1 Å². The molecule has 0 saturated carbocycles. The van der Waals surface area contributed by atoms with E-state index in [-0.39, 0.29) is 11.6 Å². The van der Waals surface area contributed by atoms with Gasteiger partial charge in [0.25, 0.3) is 5.91 Å². The van der Waals surface area contributed by atoms with Gasteiger partial charge in [0, 0.05) is 11.1 Å². The Morgan fingerprint density at radius 2 is 2.06 bits per heavy atom. The Labute approximate surface area is 113 Å². The monoisotopic (exact) mass is 262 g/mol. The third-order valence-electron chi connectivity index (χ3n) is 2.54. The minimum Gasteiger partial charge on any atom is -0.394 e.